The Hall–Kier alpha value is -3.19. The number of anilines is 3. The molecule has 2 aromatic carbocycles. The lowest BCUT2D eigenvalue weighted by molar-refractivity contribution is 0.0997. The maximum atomic E-state index is 12.3. The van der Waals surface area contributed by atoms with Crippen molar-refractivity contribution in [3.8, 4) is 0 Å². The molecular weight excluding hydrogens is 324 g/mol. The molecule has 3 aromatic rings. The third-order valence-electron chi connectivity index (χ3n) is 3.15. The molecule has 1 aromatic heterocycles. The number of hydrogen-bond acceptors (Lipinski definition) is 5. The molecule has 120 valence electrons. The van der Waals surface area contributed by atoms with E-state index in [1.165, 1.54) is 0 Å². The summed E-state index contributed by atoms with van der Waals surface area (Å²) in [5.74, 6) is -1.02. The number of nitrogens with two attached hydrogens (primary N) is 1. The zero-order chi connectivity index (χ0) is 16.9. The van der Waals surface area contributed by atoms with Crippen molar-refractivity contribution < 1.29 is 9.59 Å². The van der Waals surface area contributed by atoms with Gasteiger partial charge in [0.05, 0.1) is 0 Å². The molecule has 0 saturated heterocycles. The summed E-state index contributed by atoms with van der Waals surface area (Å²) in [6, 6.07) is 18.1. The van der Waals surface area contributed by atoms with Crippen molar-refractivity contribution in [3.05, 3.63) is 71.9 Å². The van der Waals surface area contributed by atoms with Gasteiger partial charge in [-0.1, -0.05) is 47.7 Å². The summed E-state index contributed by atoms with van der Waals surface area (Å²) < 4.78 is 0. The number of nitrogens with zero attached hydrogens (tertiary/aromatic N) is 1. The van der Waals surface area contributed by atoms with Crippen LogP contribution in [0.4, 0.5) is 15.8 Å². The first-order valence-corrected chi connectivity index (χ1v) is 7.94. The Morgan fingerprint density at radius 3 is 2.21 bits per heavy atom. The molecule has 2 amide bonds. The number of para-hydroxylation sites is 1. The minimum absolute atomic E-state index is 0.0303. The van der Waals surface area contributed by atoms with Crippen LogP contribution >= 0.6 is 11.3 Å². The molecule has 0 radical (unpaired) electrons. The summed E-state index contributed by atoms with van der Waals surface area (Å²) in [7, 11) is 0. The third-order valence-corrected chi connectivity index (χ3v) is 4.03. The minimum Gasteiger partial charge on any atom is -0.364 e. The van der Waals surface area contributed by atoms with E-state index in [-0.39, 0.29) is 11.6 Å². The van der Waals surface area contributed by atoms with Crippen molar-refractivity contribution in [2.45, 2.75) is 0 Å². The van der Waals surface area contributed by atoms with Gasteiger partial charge in [0, 0.05) is 11.3 Å². The van der Waals surface area contributed by atoms with Crippen molar-refractivity contribution >= 4 is 39.0 Å². The van der Waals surface area contributed by atoms with E-state index in [0.29, 0.717) is 15.7 Å². The highest BCUT2D eigenvalue weighted by atomic mass is 32.1. The lowest BCUT2D eigenvalue weighted by Gasteiger charge is -2.03. The summed E-state index contributed by atoms with van der Waals surface area (Å²) in [4.78, 5) is 28.0. The van der Waals surface area contributed by atoms with Gasteiger partial charge in [0.2, 0.25) is 0 Å². The molecule has 0 fully saturated rings. The second-order valence-electron chi connectivity index (χ2n) is 4.87. The monoisotopic (exact) mass is 338 g/mol. The van der Waals surface area contributed by atoms with Crippen LogP contribution in [0.5, 0.6) is 0 Å². The summed E-state index contributed by atoms with van der Waals surface area (Å²) >= 11 is 1.15. The summed E-state index contributed by atoms with van der Waals surface area (Å²) in [5.41, 5.74) is 6.70. The normalized spacial score (nSPS) is 10.2. The zero-order valence-electron chi connectivity index (χ0n) is 12.5. The molecule has 0 aliphatic carbocycles. The van der Waals surface area contributed by atoms with Gasteiger partial charge in [0.1, 0.15) is 5.00 Å². The Kier molecular flexibility index (Phi) is 4.53. The average molecular weight is 338 g/mol. The first-order valence-electron chi connectivity index (χ1n) is 7.12. The summed E-state index contributed by atoms with van der Waals surface area (Å²) in [6.45, 7) is 0. The highest BCUT2D eigenvalue weighted by Crippen LogP contribution is 2.30. The average Bonchev–Trinajstić information content (AvgIpc) is 2.99. The quantitative estimate of drug-likeness (QED) is 0.665. The van der Waals surface area contributed by atoms with E-state index < -0.39 is 5.91 Å². The van der Waals surface area contributed by atoms with Crippen LogP contribution in [0.25, 0.3) is 0 Å². The molecular formula is C17H14N4O2S. The van der Waals surface area contributed by atoms with Crippen molar-refractivity contribution in [2.24, 2.45) is 5.73 Å². The molecule has 0 spiro atoms. The molecule has 0 bridgehead atoms. The number of hydrogen-bond donors (Lipinski definition) is 3. The van der Waals surface area contributed by atoms with Gasteiger partial charge in [-0.15, -0.1) is 0 Å². The molecule has 3 rings (SSSR count). The minimum atomic E-state index is -0.698. The third kappa shape index (κ3) is 3.58. The molecule has 0 saturated carbocycles. The van der Waals surface area contributed by atoms with Crippen LogP contribution in [-0.2, 0) is 0 Å². The number of amides is 2. The van der Waals surface area contributed by atoms with Crippen LogP contribution in [0.1, 0.15) is 20.8 Å². The van der Waals surface area contributed by atoms with Gasteiger partial charge in [-0.05, 0) is 24.3 Å². The van der Waals surface area contributed by atoms with E-state index in [1.54, 1.807) is 24.3 Å². The molecule has 1 heterocycles. The van der Waals surface area contributed by atoms with E-state index in [9.17, 15) is 9.59 Å². The van der Waals surface area contributed by atoms with Gasteiger partial charge >= 0.3 is 0 Å². The topological polar surface area (TPSA) is 97.1 Å². The SMILES string of the molecule is NC(=O)c1nc(Nc2ccccc2)sc1NC(=O)c1ccccc1. The number of benzene rings is 2. The number of thiazole rings is 1. The van der Waals surface area contributed by atoms with Gasteiger partial charge in [0.15, 0.2) is 10.8 Å². The highest BCUT2D eigenvalue weighted by molar-refractivity contribution is 7.20. The Morgan fingerprint density at radius 1 is 0.958 bits per heavy atom. The van der Waals surface area contributed by atoms with Crippen molar-refractivity contribution in [1.82, 2.24) is 4.98 Å². The van der Waals surface area contributed by atoms with Crippen LogP contribution in [-0.4, -0.2) is 16.8 Å². The fraction of sp³-hybridized carbons (Fsp3) is 0. The Labute approximate surface area is 142 Å². The first-order chi connectivity index (χ1) is 11.6. The van der Waals surface area contributed by atoms with Gasteiger partial charge < -0.3 is 16.4 Å². The van der Waals surface area contributed by atoms with Crippen molar-refractivity contribution in [3.63, 3.8) is 0 Å². The molecule has 7 heteroatoms. The summed E-state index contributed by atoms with van der Waals surface area (Å²) in [5, 5.41) is 6.56. The largest absolute Gasteiger partial charge is 0.364 e. The van der Waals surface area contributed by atoms with Gasteiger partial charge in [-0.25, -0.2) is 4.98 Å². The Balaban J connectivity index is 1.84. The smallest absolute Gasteiger partial charge is 0.270 e. The fourth-order valence-corrected chi connectivity index (χ4v) is 2.92. The van der Waals surface area contributed by atoms with Gasteiger partial charge in [-0.2, -0.15) is 0 Å². The van der Waals surface area contributed by atoms with Crippen LogP contribution in [0.2, 0.25) is 0 Å². The molecule has 4 N–H and O–H groups in total. The van der Waals surface area contributed by atoms with Crippen molar-refractivity contribution in [1.29, 1.82) is 0 Å². The van der Waals surface area contributed by atoms with Crippen LogP contribution in [0.15, 0.2) is 60.7 Å². The number of carbonyl (C=O) groups is 2. The second-order valence-corrected chi connectivity index (χ2v) is 5.87. The lowest BCUT2D eigenvalue weighted by atomic mass is 10.2. The van der Waals surface area contributed by atoms with E-state index in [0.717, 1.165) is 17.0 Å². The molecule has 0 aliphatic rings. The standard InChI is InChI=1S/C17H14N4O2S/c18-14(22)13-16(21-15(23)11-7-3-1-4-8-11)24-17(20-13)19-12-9-5-2-6-10-12/h1-10H,(H2,18,22)(H,19,20)(H,21,23). The predicted molar refractivity (Wildman–Crippen MR) is 94.8 cm³/mol. The number of carbonyl (C=O) groups excluding carboxylic acids is 2. The van der Waals surface area contributed by atoms with Gasteiger partial charge in [0.25, 0.3) is 11.8 Å². The van der Waals surface area contributed by atoms with Crippen LogP contribution in [0, 0.1) is 0 Å². The lowest BCUT2D eigenvalue weighted by Crippen LogP contribution is -2.17. The maximum absolute atomic E-state index is 12.3. The molecule has 6 nitrogen and oxygen atoms in total. The number of aromatic nitrogens is 1. The van der Waals surface area contributed by atoms with E-state index in [1.807, 2.05) is 36.4 Å². The highest BCUT2D eigenvalue weighted by Gasteiger charge is 2.18. The molecule has 0 aliphatic heterocycles. The Morgan fingerprint density at radius 2 is 1.58 bits per heavy atom. The van der Waals surface area contributed by atoms with Crippen LogP contribution < -0.4 is 16.4 Å². The number of rotatable bonds is 5. The molecule has 0 atom stereocenters. The molecule has 24 heavy (non-hydrogen) atoms. The first kappa shape index (κ1) is 15.7. The predicted octanol–water partition coefficient (Wildman–Crippen LogP) is 3.24. The number of primary amides is 1. The Bertz CT molecular complexity index is 863. The fourth-order valence-electron chi connectivity index (χ4n) is 2.04. The van der Waals surface area contributed by atoms with Crippen molar-refractivity contribution in [2.75, 3.05) is 10.6 Å². The summed E-state index contributed by atoms with van der Waals surface area (Å²) in [6.07, 6.45) is 0. The zero-order valence-corrected chi connectivity index (χ0v) is 13.3. The second kappa shape index (κ2) is 6.93. The van der Waals surface area contributed by atoms with Crippen LogP contribution in [0.3, 0.4) is 0 Å². The maximum Gasteiger partial charge on any atom is 0.270 e. The van der Waals surface area contributed by atoms with Gasteiger partial charge in [-0.3, -0.25) is 9.59 Å². The van der Waals surface area contributed by atoms with E-state index in [2.05, 4.69) is 15.6 Å². The van der Waals surface area contributed by atoms with E-state index >= 15 is 0 Å². The molecule has 0 unspecified atom stereocenters. The number of nitrogens with one attached hydrogen (secondary N) is 2. The van der Waals surface area contributed by atoms with E-state index in [4.69, 9.17) is 5.73 Å².